The number of pyridine rings is 1. The van der Waals surface area contributed by atoms with Crippen LogP contribution in [0.5, 0.6) is 0 Å². The van der Waals surface area contributed by atoms with Crippen molar-refractivity contribution in [3.8, 4) is 22.4 Å². The molecular weight excluding hydrogens is 609 g/mol. The van der Waals surface area contributed by atoms with Crippen LogP contribution < -0.4 is 5.73 Å². The minimum atomic E-state index is -4.68. The summed E-state index contributed by atoms with van der Waals surface area (Å²) in [5.41, 5.74) is 8.80. The quantitative estimate of drug-likeness (QED) is 0.281. The Morgan fingerprint density at radius 3 is 2.33 bits per heavy atom. The molecule has 0 radical (unpaired) electrons. The van der Waals surface area contributed by atoms with E-state index in [1.807, 2.05) is 42.5 Å². The van der Waals surface area contributed by atoms with E-state index in [9.17, 15) is 26.4 Å². The average Bonchev–Trinajstić information content (AvgIpc) is 3.73. The Hall–Kier alpha value is -4.79. The van der Waals surface area contributed by atoms with Crippen LogP contribution in [0.15, 0.2) is 65.8 Å². The highest BCUT2D eigenvalue weighted by Gasteiger charge is 2.46. The second-order valence-corrected chi connectivity index (χ2v) is 13.5. The van der Waals surface area contributed by atoms with E-state index in [2.05, 4.69) is 20.3 Å². The number of amides is 1. The number of nitrogen functional groups attached to an aromatic ring is 1. The predicted molar refractivity (Wildman–Crippen MR) is 158 cm³/mol. The molecule has 0 unspecified atom stereocenters. The third kappa shape index (κ3) is 5.00. The van der Waals surface area contributed by atoms with Gasteiger partial charge in [-0.05, 0) is 31.7 Å². The van der Waals surface area contributed by atoms with E-state index in [-0.39, 0.29) is 34.4 Å². The van der Waals surface area contributed by atoms with Crippen LogP contribution in [0.1, 0.15) is 53.5 Å². The zero-order chi connectivity index (χ0) is 31.7. The summed E-state index contributed by atoms with van der Waals surface area (Å²) < 4.78 is 66.8. The summed E-state index contributed by atoms with van der Waals surface area (Å²) in [4.78, 5) is 24.3. The van der Waals surface area contributed by atoms with Crippen LogP contribution in [0.4, 0.5) is 19.0 Å². The first kappa shape index (κ1) is 29.0. The van der Waals surface area contributed by atoms with Crippen molar-refractivity contribution in [2.45, 2.75) is 54.8 Å². The van der Waals surface area contributed by atoms with E-state index < -0.39 is 27.6 Å². The van der Waals surface area contributed by atoms with Gasteiger partial charge in [0.2, 0.25) is 0 Å². The number of alkyl halides is 3. The molecule has 2 bridgehead atoms. The number of piperidine rings is 1. The number of nitrogens with one attached hydrogen (secondary N) is 1. The molecule has 0 spiro atoms. The number of aromatic nitrogens is 6. The molecule has 0 saturated carbocycles. The molecular formula is C30H27F3N8O3S. The van der Waals surface area contributed by atoms with Gasteiger partial charge >= 0.3 is 6.18 Å². The topological polar surface area (TPSA) is 152 Å². The Morgan fingerprint density at radius 2 is 1.73 bits per heavy atom. The zero-order valence-electron chi connectivity index (χ0n) is 23.9. The number of halogens is 3. The first-order valence-electron chi connectivity index (χ1n) is 14.2. The Labute approximate surface area is 255 Å². The molecule has 2 aliphatic rings. The van der Waals surface area contributed by atoms with Crippen molar-refractivity contribution in [3.63, 3.8) is 0 Å². The lowest BCUT2D eigenvalue weighted by molar-refractivity contribution is -0.141. The lowest BCUT2D eigenvalue weighted by Crippen LogP contribution is -2.46. The molecule has 3 atom stereocenters. The number of hydrogen-bond donors (Lipinski definition) is 2. The lowest BCUT2D eigenvalue weighted by Gasteiger charge is -2.39. The Morgan fingerprint density at radius 1 is 1.02 bits per heavy atom. The number of carbonyl (C=O) groups excluding carboxylic acids is 1. The van der Waals surface area contributed by atoms with E-state index in [1.165, 1.54) is 4.52 Å². The standard InChI is InChI=1S/C30H27F3N8O3S/c1-45(43,44)26-25(18-11-19-8-9-20(12-18)40(19)29(42)23-13-24(39-38-23)30(31,32)33)37-28-21(15-36-41(28)27(26)34)17-7-10-22(35-14-17)16-5-3-2-4-6-16/h2-7,10,13-15,18-20H,8-9,11-12,34H2,1H3,(H,38,39)/t18-,19+,20-. The fraction of sp³-hybridized carbons (Fsp3) is 0.300. The van der Waals surface area contributed by atoms with Crippen LogP contribution in [0.3, 0.4) is 0 Å². The van der Waals surface area contributed by atoms with E-state index in [0.717, 1.165) is 17.5 Å². The summed E-state index contributed by atoms with van der Waals surface area (Å²) in [6.45, 7) is 0. The van der Waals surface area contributed by atoms with Gasteiger partial charge < -0.3 is 10.6 Å². The molecule has 45 heavy (non-hydrogen) atoms. The highest BCUT2D eigenvalue weighted by molar-refractivity contribution is 7.91. The van der Waals surface area contributed by atoms with Crippen LogP contribution in [0.2, 0.25) is 0 Å². The summed E-state index contributed by atoms with van der Waals surface area (Å²) in [7, 11) is -3.86. The zero-order valence-corrected chi connectivity index (χ0v) is 24.7. The van der Waals surface area contributed by atoms with Gasteiger partial charge in [0.25, 0.3) is 5.91 Å². The van der Waals surface area contributed by atoms with E-state index in [4.69, 9.17) is 10.7 Å². The van der Waals surface area contributed by atoms with Crippen molar-refractivity contribution in [1.82, 2.24) is 34.7 Å². The number of nitrogens with two attached hydrogens (primary N) is 1. The first-order chi connectivity index (χ1) is 21.4. The summed E-state index contributed by atoms with van der Waals surface area (Å²) in [6, 6.07) is 13.5. The number of nitrogens with zero attached hydrogens (tertiary/aromatic N) is 6. The number of carbonyl (C=O) groups is 1. The lowest BCUT2D eigenvalue weighted by atomic mass is 9.87. The highest BCUT2D eigenvalue weighted by Crippen LogP contribution is 2.46. The summed E-state index contributed by atoms with van der Waals surface area (Å²) >= 11 is 0. The van der Waals surface area contributed by atoms with Crippen LogP contribution in [0.25, 0.3) is 28.0 Å². The number of hydrogen-bond acceptors (Lipinski definition) is 8. The minimum Gasteiger partial charge on any atom is -0.382 e. The summed E-state index contributed by atoms with van der Waals surface area (Å²) in [5.74, 6) is -1.02. The number of sulfone groups is 1. The van der Waals surface area contributed by atoms with Gasteiger partial charge in [-0.15, -0.1) is 0 Å². The van der Waals surface area contributed by atoms with Gasteiger partial charge in [-0.3, -0.25) is 14.9 Å². The molecule has 15 heteroatoms. The SMILES string of the molecule is CS(=O)(=O)c1c([C@H]2C[C@H]3CC[C@@H](C2)N3C(=O)c2cc(C(F)(F)F)n[nH]2)nc2c(-c3ccc(-c4ccccc4)nc3)cnn2c1N. The van der Waals surface area contributed by atoms with Crippen molar-refractivity contribution < 1.29 is 26.4 Å². The molecule has 2 saturated heterocycles. The van der Waals surface area contributed by atoms with Crippen molar-refractivity contribution in [1.29, 1.82) is 0 Å². The fourth-order valence-electron chi connectivity index (χ4n) is 6.66. The molecule has 4 aromatic heterocycles. The molecule has 1 amide bonds. The van der Waals surface area contributed by atoms with Crippen molar-refractivity contribution in [2.24, 2.45) is 0 Å². The van der Waals surface area contributed by atoms with E-state index in [1.54, 1.807) is 17.3 Å². The number of aromatic amines is 1. The fourth-order valence-corrected chi connectivity index (χ4v) is 7.72. The Bertz CT molecular complexity index is 2030. The highest BCUT2D eigenvalue weighted by atomic mass is 32.2. The molecule has 232 valence electrons. The number of benzene rings is 1. The molecule has 2 fully saturated rings. The van der Waals surface area contributed by atoms with Crippen molar-refractivity contribution >= 4 is 27.2 Å². The summed E-state index contributed by atoms with van der Waals surface area (Å²) in [5, 5.41) is 9.85. The van der Waals surface area contributed by atoms with Gasteiger partial charge in [-0.2, -0.15) is 27.9 Å². The normalized spacial score (nSPS) is 20.2. The van der Waals surface area contributed by atoms with Crippen LogP contribution in [-0.4, -0.2) is 67.3 Å². The van der Waals surface area contributed by atoms with Gasteiger partial charge in [-0.25, -0.2) is 13.4 Å². The Balaban J connectivity index is 1.24. The molecule has 0 aliphatic carbocycles. The maximum Gasteiger partial charge on any atom is 0.435 e. The second kappa shape index (κ2) is 10.4. The molecule has 5 aromatic rings. The van der Waals surface area contributed by atoms with Gasteiger partial charge in [-0.1, -0.05) is 36.4 Å². The minimum absolute atomic E-state index is 0.0689. The second-order valence-electron chi connectivity index (χ2n) is 11.5. The predicted octanol–water partition coefficient (Wildman–Crippen LogP) is 4.74. The van der Waals surface area contributed by atoms with Gasteiger partial charge in [0.05, 0.1) is 17.6 Å². The third-order valence-electron chi connectivity index (χ3n) is 8.63. The largest absolute Gasteiger partial charge is 0.435 e. The maximum atomic E-state index is 13.3. The summed E-state index contributed by atoms with van der Waals surface area (Å²) in [6.07, 6.45) is 1.63. The smallest absolute Gasteiger partial charge is 0.382 e. The van der Waals surface area contributed by atoms with Crippen LogP contribution in [0, 0.1) is 0 Å². The number of H-pyrrole nitrogens is 1. The number of anilines is 1. The van der Waals surface area contributed by atoms with Gasteiger partial charge in [0.1, 0.15) is 16.4 Å². The molecule has 1 aromatic carbocycles. The van der Waals surface area contributed by atoms with Crippen molar-refractivity contribution in [3.05, 3.63) is 78.0 Å². The van der Waals surface area contributed by atoms with Gasteiger partial charge in [0.15, 0.2) is 21.2 Å². The van der Waals surface area contributed by atoms with Crippen molar-refractivity contribution in [2.75, 3.05) is 12.0 Å². The monoisotopic (exact) mass is 636 g/mol. The first-order valence-corrected chi connectivity index (χ1v) is 16.1. The molecule has 7 rings (SSSR count). The van der Waals surface area contributed by atoms with Crippen LogP contribution in [-0.2, 0) is 16.0 Å². The number of fused-ring (bicyclic) bond motifs is 3. The molecule has 11 nitrogen and oxygen atoms in total. The molecule has 2 aliphatic heterocycles. The van der Waals surface area contributed by atoms with E-state index in [0.29, 0.717) is 54.2 Å². The average molecular weight is 637 g/mol. The molecule has 6 heterocycles. The van der Waals surface area contributed by atoms with Crippen LogP contribution >= 0.6 is 0 Å². The third-order valence-corrected chi connectivity index (χ3v) is 9.79. The Kier molecular flexibility index (Phi) is 6.69. The maximum absolute atomic E-state index is 13.3. The van der Waals surface area contributed by atoms with E-state index >= 15 is 0 Å². The number of rotatable bonds is 5. The molecule has 3 N–H and O–H groups in total. The van der Waals surface area contributed by atoms with Gasteiger partial charge in [0, 0.05) is 53.2 Å².